The summed E-state index contributed by atoms with van der Waals surface area (Å²) in [6, 6.07) is 23.2. The normalized spacial score (nSPS) is 14.5. The number of hydrogen-bond acceptors (Lipinski definition) is 5. The molecule has 1 aliphatic rings. The van der Waals surface area contributed by atoms with Crippen LogP contribution in [0.15, 0.2) is 83.8 Å². The van der Waals surface area contributed by atoms with Crippen LogP contribution in [0.25, 0.3) is 0 Å². The highest BCUT2D eigenvalue weighted by molar-refractivity contribution is 7.89. The van der Waals surface area contributed by atoms with Gasteiger partial charge < -0.3 is 4.90 Å². The molecule has 0 N–H and O–H groups in total. The fourth-order valence-corrected chi connectivity index (χ4v) is 5.11. The molecule has 0 bridgehead atoms. The van der Waals surface area contributed by atoms with Crippen molar-refractivity contribution in [2.45, 2.75) is 4.90 Å². The lowest BCUT2D eigenvalue weighted by Gasteiger charge is -2.34. The molecule has 0 radical (unpaired) electrons. The number of ketones is 1. The Labute approximate surface area is 192 Å². The molecule has 1 aliphatic heterocycles. The first-order valence-corrected chi connectivity index (χ1v) is 11.8. The van der Waals surface area contributed by atoms with Gasteiger partial charge >= 0.3 is 0 Å². The van der Waals surface area contributed by atoms with Crippen LogP contribution in [0.2, 0.25) is 0 Å². The third-order valence-electron chi connectivity index (χ3n) is 5.58. The van der Waals surface area contributed by atoms with Crippen molar-refractivity contribution in [3.8, 4) is 6.07 Å². The molecule has 7 nitrogen and oxygen atoms in total. The van der Waals surface area contributed by atoms with Gasteiger partial charge in [-0.05, 0) is 36.4 Å². The van der Waals surface area contributed by atoms with Gasteiger partial charge in [0.25, 0.3) is 5.91 Å². The minimum Gasteiger partial charge on any atom is -0.336 e. The molecule has 3 aromatic rings. The number of benzene rings is 3. The summed E-state index contributed by atoms with van der Waals surface area (Å²) in [6.07, 6.45) is 0. The maximum absolute atomic E-state index is 12.9. The van der Waals surface area contributed by atoms with Gasteiger partial charge in [0.1, 0.15) is 0 Å². The first-order chi connectivity index (χ1) is 15.9. The molecule has 3 aromatic carbocycles. The maximum Gasteiger partial charge on any atom is 0.253 e. The summed E-state index contributed by atoms with van der Waals surface area (Å²) in [5.41, 5.74) is 1.91. The molecule has 1 heterocycles. The van der Waals surface area contributed by atoms with Gasteiger partial charge in [-0.1, -0.05) is 42.5 Å². The fraction of sp³-hybridized carbons (Fsp3) is 0.160. The number of rotatable bonds is 5. The van der Waals surface area contributed by atoms with Gasteiger partial charge in [0.2, 0.25) is 10.0 Å². The maximum atomic E-state index is 12.9. The lowest BCUT2D eigenvalue weighted by Crippen LogP contribution is -2.50. The van der Waals surface area contributed by atoms with E-state index in [4.69, 9.17) is 5.26 Å². The largest absolute Gasteiger partial charge is 0.336 e. The Hall–Kier alpha value is -3.80. The van der Waals surface area contributed by atoms with Crippen LogP contribution >= 0.6 is 0 Å². The van der Waals surface area contributed by atoms with E-state index >= 15 is 0 Å². The van der Waals surface area contributed by atoms with E-state index in [0.717, 1.165) is 0 Å². The summed E-state index contributed by atoms with van der Waals surface area (Å²) in [7, 11) is -3.69. The Morgan fingerprint density at radius 3 is 1.85 bits per heavy atom. The molecule has 1 fully saturated rings. The number of hydrogen-bond donors (Lipinski definition) is 0. The Kier molecular flexibility index (Phi) is 6.36. The summed E-state index contributed by atoms with van der Waals surface area (Å²) in [4.78, 5) is 27.2. The predicted molar refractivity (Wildman–Crippen MR) is 122 cm³/mol. The number of carbonyl (C=O) groups excluding carboxylic acids is 2. The topological polar surface area (TPSA) is 98.5 Å². The van der Waals surface area contributed by atoms with Crippen LogP contribution in [0.4, 0.5) is 0 Å². The minimum absolute atomic E-state index is 0.115. The Balaban J connectivity index is 1.40. The molecule has 33 heavy (non-hydrogen) atoms. The van der Waals surface area contributed by atoms with Gasteiger partial charge in [-0.15, -0.1) is 0 Å². The average molecular weight is 460 g/mol. The number of sulfonamides is 1. The number of carbonyl (C=O) groups is 2. The van der Waals surface area contributed by atoms with Crippen molar-refractivity contribution < 1.29 is 18.0 Å². The van der Waals surface area contributed by atoms with Crippen molar-refractivity contribution in [3.05, 3.63) is 101 Å². The van der Waals surface area contributed by atoms with Gasteiger partial charge in [0.05, 0.1) is 16.5 Å². The molecule has 0 aromatic heterocycles. The van der Waals surface area contributed by atoms with Gasteiger partial charge in [-0.3, -0.25) is 9.59 Å². The van der Waals surface area contributed by atoms with Crippen LogP contribution in [-0.4, -0.2) is 55.5 Å². The minimum atomic E-state index is -3.69. The highest BCUT2D eigenvalue weighted by Gasteiger charge is 2.30. The van der Waals surface area contributed by atoms with E-state index in [2.05, 4.69) is 0 Å². The van der Waals surface area contributed by atoms with Crippen molar-refractivity contribution in [2.75, 3.05) is 26.2 Å². The molecule has 8 heteroatoms. The molecular formula is C25H21N3O4S. The molecule has 4 rings (SSSR count). The van der Waals surface area contributed by atoms with Crippen LogP contribution in [-0.2, 0) is 10.0 Å². The van der Waals surface area contributed by atoms with Crippen LogP contribution in [0.5, 0.6) is 0 Å². The zero-order valence-electron chi connectivity index (χ0n) is 17.7. The summed E-state index contributed by atoms with van der Waals surface area (Å²) in [5.74, 6) is -0.319. The zero-order valence-corrected chi connectivity index (χ0v) is 18.5. The van der Waals surface area contributed by atoms with E-state index in [1.54, 1.807) is 53.4 Å². The monoisotopic (exact) mass is 459 g/mol. The van der Waals surface area contributed by atoms with Crippen molar-refractivity contribution in [1.29, 1.82) is 5.26 Å². The van der Waals surface area contributed by atoms with E-state index in [1.165, 1.54) is 28.6 Å². The molecule has 0 saturated carbocycles. The molecule has 0 atom stereocenters. The van der Waals surface area contributed by atoms with Crippen molar-refractivity contribution in [1.82, 2.24) is 9.21 Å². The van der Waals surface area contributed by atoms with Gasteiger partial charge in [0.15, 0.2) is 5.78 Å². The average Bonchev–Trinajstić information content (AvgIpc) is 2.88. The molecule has 1 amide bonds. The van der Waals surface area contributed by atoms with E-state index in [0.29, 0.717) is 22.3 Å². The number of piperazine rings is 1. The van der Waals surface area contributed by atoms with Crippen LogP contribution in [0.1, 0.15) is 31.8 Å². The second-order valence-corrected chi connectivity index (χ2v) is 9.54. The summed E-state index contributed by atoms with van der Waals surface area (Å²) < 4.78 is 27.1. The van der Waals surface area contributed by atoms with E-state index in [1.807, 2.05) is 12.1 Å². The lowest BCUT2D eigenvalue weighted by molar-refractivity contribution is 0.0697. The molecule has 0 spiro atoms. The van der Waals surface area contributed by atoms with Crippen LogP contribution in [0, 0.1) is 11.3 Å². The third kappa shape index (κ3) is 4.70. The molecule has 0 unspecified atom stereocenters. The van der Waals surface area contributed by atoms with Crippen molar-refractivity contribution >= 4 is 21.7 Å². The third-order valence-corrected chi connectivity index (χ3v) is 7.49. The molecule has 166 valence electrons. The van der Waals surface area contributed by atoms with E-state index in [9.17, 15) is 18.0 Å². The second-order valence-electron chi connectivity index (χ2n) is 7.60. The number of amides is 1. The highest BCUT2D eigenvalue weighted by Crippen LogP contribution is 2.19. The summed E-state index contributed by atoms with van der Waals surface area (Å²) >= 11 is 0. The fourth-order valence-electron chi connectivity index (χ4n) is 3.69. The van der Waals surface area contributed by atoms with E-state index < -0.39 is 10.0 Å². The van der Waals surface area contributed by atoms with Crippen molar-refractivity contribution in [2.24, 2.45) is 0 Å². The van der Waals surface area contributed by atoms with Crippen molar-refractivity contribution in [3.63, 3.8) is 0 Å². The number of nitrogens with zero attached hydrogens (tertiary/aromatic N) is 3. The first kappa shape index (κ1) is 22.4. The molecular weight excluding hydrogens is 438 g/mol. The standard InChI is InChI=1S/C25H21N3O4S/c26-18-19-6-12-23(13-7-19)33(31,32)28-16-14-27(15-17-28)25(30)22-10-8-21(9-11-22)24(29)20-4-2-1-3-5-20/h1-13H,14-17H2. The Bertz CT molecular complexity index is 1300. The Morgan fingerprint density at radius 1 is 0.727 bits per heavy atom. The lowest BCUT2D eigenvalue weighted by atomic mass is 10.0. The van der Waals surface area contributed by atoms with Crippen LogP contribution < -0.4 is 0 Å². The molecule has 0 aliphatic carbocycles. The second kappa shape index (κ2) is 9.36. The highest BCUT2D eigenvalue weighted by atomic mass is 32.2. The molecule has 1 saturated heterocycles. The van der Waals surface area contributed by atoms with Gasteiger partial charge in [0, 0.05) is 42.9 Å². The summed E-state index contributed by atoms with van der Waals surface area (Å²) in [5, 5.41) is 8.89. The van der Waals surface area contributed by atoms with Gasteiger partial charge in [-0.25, -0.2) is 8.42 Å². The SMILES string of the molecule is N#Cc1ccc(S(=O)(=O)N2CCN(C(=O)c3ccc(C(=O)c4ccccc4)cc3)CC2)cc1. The predicted octanol–water partition coefficient (Wildman–Crippen LogP) is 2.94. The summed E-state index contributed by atoms with van der Waals surface area (Å²) in [6.45, 7) is 0.884. The number of nitriles is 1. The Morgan fingerprint density at radius 2 is 1.27 bits per heavy atom. The quantitative estimate of drug-likeness (QED) is 0.547. The zero-order chi connectivity index (χ0) is 23.4. The van der Waals surface area contributed by atoms with Gasteiger partial charge in [-0.2, -0.15) is 9.57 Å². The van der Waals surface area contributed by atoms with Crippen LogP contribution in [0.3, 0.4) is 0 Å². The first-order valence-electron chi connectivity index (χ1n) is 10.4. The smallest absolute Gasteiger partial charge is 0.253 e. The van der Waals surface area contributed by atoms with E-state index in [-0.39, 0.29) is 42.8 Å².